The number of sulfonamides is 1. The first-order valence-corrected chi connectivity index (χ1v) is 7.50. The maximum atomic E-state index is 12.1. The summed E-state index contributed by atoms with van der Waals surface area (Å²) in [6, 6.07) is 4.21. The van der Waals surface area contributed by atoms with Gasteiger partial charge in [0.2, 0.25) is 10.0 Å². The zero-order valence-electron chi connectivity index (χ0n) is 9.73. The number of nitrogens with one attached hydrogen (secondary N) is 1. The van der Waals surface area contributed by atoms with Crippen molar-refractivity contribution in [3.8, 4) is 0 Å². The first-order valence-electron chi connectivity index (χ1n) is 5.64. The van der Waals surface area contributed by atoms with Crippen LogP contribution in [0.2, 0.25) is 5.02 Å². The van der Waals surface area contributed by atoms with Crippen LogP contribution in [0.25, 0.3) is 0 Å². The maximum absolute atomic E-state index is 12.1. The lowest BCUT2D eigenvalue weighted by Crippen LogP contribution is -2.38. The summed E-state index contributed by atoms with van der Waals surface area (Å²) < 4.78 is 32.1. The highest BCUT2D eigenvalue weighted by molar-refractivity contribution is 7.89. The smallest absolute Gasteiger partial charge is 0.240 e. The standard InChI is InChI=1S/C11H15ClN2O3S/c12-10-7-9(1-2-11(10)13)18(15,16)14-8-3-5-17-6-4-8/h1-2,7-8,14H,3-6,13H2. The van der Waals surface area contributed by atoms with Gasteiger partial charge in [0.1, 0.15) is 0 Å². The van der Waals surface area contributed by atoms with Gasteiger partial charge in [0.15, 0.2) is 0 Å². The molecule has 0 aromatic heterocycles. The van der Waals surface area contributed by atoms with Gasteiger partial charge < -0.3 is 10.5 Å². The van der Waals surface area contributed by atoms with E-state index in [1.165, 1.54) is 18.2 Å². The second-order valence-electron chi connectivity index (χ2n) is 4.19. The Labute approximate surface area is 111 Å². The molecule has 1 aliphatic heterocycles. The molecule has 5 nitrogen and oxygen atoms in total. The van der Waals surface area contributed by atoms with E-state index in [2.05, 4.69) is 4.72 Å². The van der Waals surface area contributed by atoms with E-state index < -0.39 is 10.0 Å². The predicted octanol–water partition coefficient (Wildman–Crippen LogP) is 1.38. The highest BCUT2D eigenvalue weighted by atomic mass is 35.5. The molecule has 1 saturated heterocycles. The minimum absolute atomic E-state index is 0.0833. The summed E-state index contributed by atoms with van der Waals surface area (Å²) in [6.07, 6.45) is 1.36. The molecule has 0 aliphatic carbocycles. The molecule has 7 heteroatoms. The van der Waals surface area contributed by atoms with Crippen molar-refractivity contribution in [1.82, 2.24) is 4.72 Å². The summed E-state index contributed by atoms with van der Waals surface area (Å²) in [5.41, 5.74) is 5.92. The third-order valence-electron chi connectivity index (χ3n) is 2.83. The van der Waals surface area contributed by atoms with Crippen LogP contribution in [0.5, 0.6) is 0 Å². The molecule has 18 heavy (non-hydrogen) atoms. The molecule has 0 amide bonds. The van der Waals surface area contributed by atoms with E-state index in [0.717, 1.165) is 0 Å². The van der Waals surface area contributed by atoms with Crippen LogP contribution >= 0.6 is 11.6 Å². The molecule has 1 fully saturated rings. The van der Waals surface area contributed by atoms with Gasteiger partial charge in [-0.1, -0.05) is 11.6 Å². The van der Waals surface area contributed by atoms with Gasteiger partial charge in [0.05, 0.1) is 15.6 Å². The zero-order valence-corrected chi connectivity index (χ0v) is 11.3. The Morgan fingerprint density at radius 2 is 2.00 bits per heavy atom. The summed E-state index contributed by atoms with van der Waals surface area (Å²) in [5, 5.41) is 0.241. The van der Waals surface area contributed by atoms with Gasteiger partial charge in [-0.15, -0.1) is 0 Å². The molecule has 0 saturated carbocycles. The Morgan fingerprint density at radius 3 is 2.61 bits per heavy atom. The van der Waals surface area contributed by atoms with Crippen LogP contribution in [-0.2, 0) is 14.8 Å². The van der Waals surface area contributed by atoms with Gasteiger partial charge in [-0.3, -0.25) is 0 Å². The molecule has 0 atom stereocenters. The first-order chi connectivity index (χ1) is 8.49. The van der Waals surface area contributed by atoms with Crippen LogP contribution in [0.3, 0.4) is 0 Å². The van der Waals surface area contributed by atoms with Crippen molar-refractivity contribution in [2.75, 3.05) is 18.9 Å². The monoisotopic (exact) mass is 290 g/mol. The number of ether oxygens (including phenoxy) is 1. The van der Waals surface area contributed by atoms with Gasteiger partial charge >= 0.3 is 0 Å². The van der Waals surface area contributed by atoms with E-state index in [1.807, 2.05) is 0 Å². The van der Waals surface area contributed by atoms with Crippen LogP contribution in [-0.4, -0.2) is 27.7 Å². The van der Waals surface area contributed by atoms with E-state index in [0.29, 0.717) is 31.7 Å². The summed E-state index contributed by atoms with van der Waals surface area (Å²) in [7, 11) is -3.54. The largest absolute Gasteiger partial charge is 0.398 e. The molecular formula is C11H15ClN2O3S. The molecule has 1 aromatic carbocycles. The second-order valence-corrected chi connectivity index (χ2v) is 6.31. The quantitative estimate of drug-likeness (QED) is 0.824. The number of rotatable bonds is 3. The third-order valence-corrected chi connectivity index (χ3v) is 4.67. The Bertz CT molecular complexity index is 527. The molecule has 100 valence electrons. The van der Waals surface area contributed by atoms with Crippen molar-refractivity contribution in [2.45, 2.75) is 23.8 Å². The van der Waals surface area contributed by atoms with Gasteiger partial charge in [-0.2, -0.15) is 0 Å². The summed E-state index contributed by atoms with van der Waals surface area (Å²) in [5.74, 6) is 0. The molecular weight excluding hydrogens is 276 g/mol. The number of nitrogen functional groups attached to an aromatic ring is 1. The highest BCUT2D eigenvalue weighted by Crippen LogP contribution is 2.23. The van der Waals surface area contributed by atoms with Crippen LogP contribution in [0, 0.1) is 0 Å². The minimum atomic E-state index is -3.54. The Kier molecular flexibility index (Phi) is 4.11. The van der Waals surface area contributed by atoms with Crippen molar-refractivity contribution in [1.29, 1.82) is 0 Å². The maximum Gasteiger partial charge on any atom is 0.240 e. The third kappa shape index (κ3) is 3.14. The van der Waals surface area contributed by atoms with Gasteiger partial charge in [-0.25, -0.2) is 13.1 Å². The summed E-state index contributed by atoms with van der Waals surface area (Å²) in [6.45, 7) is 1.16. The van der Waals surface area contributed by atoms with Crippen molar-refractivity contribution in [3.05, 3.63) is 23.2 Å². The van der Waals surface area contributed by atoms with Crippen LogP contribution in [0.4, 0.5) is 5.69 Å². The lowest BCUT2D eigenvalue weighted by molar-refractivity contribution is 0.0832. The van der Waals surface area contributed by atoms with E-state index in [1.54, 1.807) is 0 Å². The Balaban J connectivity index is 2.16. The fourth-order valence-electron chi connectivity index (χ4n) is 1.78. The lowest BCUT2D eigenvalue weighted by atomic mass is 10.1. The van der Waals surface area contributed by atoms with E-state index in [4.69, 9.17) is 22.1 Å². The van der Waals surface area contributed by atoms with Crippen molar-refractivity contribution in [3.63, 3.8) is 0 Å². The van der Waals surface area contributed by atoms with E-state index in [-0.39, 0.29) is 16.0 Å². The van der Waals surface area contributed by atoms with Crippen LogP contribution < -0.4 is 10.5 Å². The zero-order chi connectivity index (χ0) is 13.2. The predicted molar refractivity (Wildman–Crippen MR) is 70.0 cm³/mol. The number of benzene rings is 1. The lowest BCUT2D eigenvalue weighted by Gasteiger charge is -2.23. The summed E-state index contributed by atoms with van der Waals surface area (Å²) in [4.78, 5) is 0.133. The SMILES string of the molecule is Nc1ccc(S(=O)(=O)NC2CCOCC2)cc1Cl. The molecule has 0 radical (unpaired) electrons. The number of hydrogen-bond donors (Lipinski definition) is 2. The molecule has 2 rings (SSSR count). The normalized spacial score (nSPS) is 17.8. The molecule has 0 unspecified atom stereocenters. The molecule has 1 aliphatic rings. The Morgan fingerprint density at radius 1 is 1.33 bits per heavy atom. The van der Waals surface area contributed by atoms with Crippen molar-refractivity contribution >= 4 is 27.3 Å². The molecule has 1 aromatic rings. The average Bonchev–Trinajstić information content (AvgIpc) is 2.33. The van der Waals surface area contributed by atoms with Crippen molar-refractivity contribution in [2.24, 2.45) is 0 Å². The Hall–Kier alpha value is -0.820. The number of nitrogens with two attached hydrogens (primary N) is 1. The number of hydrogen-bond acceptors (Lipinski definition) is 4. The molecule has 0 bridgehead atoms. The van der Waals surface area contributed by atoms with Crippen LogP contribution in [0.1, 0.15) is 12.8 Å². The number of anilines is 1. The van der Waals surface area contributed by atoms with Crippen LogP contribution in [0.15, 0.2) is 23.1 Å². The fraction of sp³-hybridized carbons (Fsp3) is 0.455. The topological polar surface area (TPSA) is 81.4 Å². The molecule has 1 heterocycles. The van der Waals surface area contributed by atoms with E-state index >= 15 is 0 Å². The van der Waals surface area contributed by atoms with E-state index in [9.17, 15) is 8.42 Å². The average molecular weight is 291 g/mol. The summed E-state index contributed by atoms with van der Waals surface area (Å²) >= 11 is 5.83. The van der Waals surface area contributed by atoms with Gasteiger partial charge in [0.25, 0.3) is 0 Å². The number of halogens is 1. The minimum Gasteiger partial charge on any atom is -0.398 e. The fourth-order valence-corrected chi connectivity index (χ4v) is 3.35. The molecule has 3 N–H and O–H groups in total. The first kappa shape index (κ1) is 13.6. The van der Waals surface area contributed by atoms with Crippen molar-refractivity contribution < 1.29 is 13.2 Å². The highest BCUT2D eigenvalue weighted by Gasteiger charge is 2.22. The van der Waals surface area contributed by atoms with Gasteiger partial charge in [0, 0.05) is 19.3 Å². The van der Waals surface area contributed by atoms with Gasteiger partial charge in [-0.05, 0) is 31.0 Å². The second kappa shape index (κ2) is 5.44. The molecule has 0 spiro atoms.